The summed E-state index contributed by atoms with van der Waals surface area (Å²) in [4.78, 5) is 1.75. The topological polar surface area (TPSA) is 36.3 Å². The number of benzene rings is 2. The number of likely N-dealkylation sites (tertiary alicyclic amines) is 1. The predicted molar refractivity (Wildman–Crippen MR) is 109 cm³/mol. The zero-order chi connectivity index (χ0) is 19.2. The number of nitrogens with zero attached hydrogens (tertiary/aromatic N) is 2. The van der Waals surface area contributed by atoms with Gasteiger partial charge < -0.3 is 9.64 Å². The molecule has 2 aromatic carbocycles. The van der Waals surface area contributed by atoms with E-state index in [-0.39, 0.29) is 6.10 Å². The Morgan fingerprint density at radius 3 is 2.23 bits per heavy atom. The summed E-state index contributed by atoms with van der Waals surface area (Å²) in [5.74, 6) is 0. The van der Waals surface area contributed by atoms with Gasteiger partial charge in [-0.15, -0.1) is 6.58 Å². The van der Waals surface area contributed by atoms with Crippen LogP contribution in [0.3, 0.4) is 0 Å². The molecule has 3 heteroatoms. The van der Waals surface area contributed by atoms with Gasteiger partial charge in [0.05, 0.1) is 19.3 Å². The molecular formula is C23H30N2O. The summed E-state index contributed by atoms with van der Waals surface area (Å²) >= 11 is 0. The van der Waals surface area contributed by atoms with Gasteiger partial charge in [0.25, 0.3) is 0 Å². The second-order valence-corrected chi connectivity index (χ2v) is 5.74. The van der Waals surface area contributed by atoms with Gasteiger partial charge in [-0.2, -0.15) is 5.26 Å². The van der Waals surface area contributed by atoms with Crippen LogP contribution < -0.4 is 0 Å². The highest BCUT2D eigenvalue weighted by atomic mass is 16.5. The molecule has 0 bridgehead atoms. The Kier molecular flexibility index (Phi) is 10.5. The zero-order valence-corrected chi connectivity index (χ0v) is 16.2. The van der Waals surface area contributed by atoms with Crippen molar-refractivity contribution in [2.45, 2.75) is 39.9 Å². The Bertz CT molecular complexity index is 659. The molecule has 3 rings (SSSR count). The van der Waals surface area contributed by atoms with Crippen LogP contribution in [0.2, 0.25) is 0 Å². The fourth-order valence-electron chi connectivity index (χ4n) is 2.59. The highest BCUT2D eigenvalue weighted by molar-refractivity contribution is 5.63. The van der Waals surface area contributed by atoms with Crippen molar-refractivity contribution in [3.8, 4) is 17.3 Å². The first kappa shape index (κ1) is 21.5. The monoisotopic (exact) mass is 350 g/mol. The van der Waals surface area contributed by atoms with Crippen molar-refractivity contribution in [2.24, 2.45) is 0 Å². The van der Waals surface area contributed by atoms with Crippen LogP contribution in [0.25, 0.3) is 11.1 Å². The van der Waals surface area contributed by atoms with E-state index in [0.717, 1.165) is 19.5 Å². The van der Waals surface area contributed by atoms with Crippen molar-refractivity contribution in [1.29, 1.82) is 5.26 Å². The van der Waals surface area contributed by atoms with Crippen LogP contribution in [0.4, 0.5) is 0 Å². The maximum atomic E-state index is 8.83. The van der Waals surface area contributed by atoms with Crippen molar-refractivity contribution in [2.75, 3.05) is 13.1 Å². The van der Waals surface area contributed by atoms with E-state index >= 15 is 0 Å². The number of ether oxygens (including phenoxy) is 1. The van der Waals surface area contributed by atoms with Gasteiger partial charge in [0.1, 0.15) is 0 Å². The SMILES string of the molecule is C=CC.CC.N#CN1CCC(OCc2ccc(-c3ccccc3)cc2)C1. The summed E-state index contributed by atoms with van der Waals surface area (Å²) < 4.78 is 5.87. The molecule has 0 aliphatic carbocycles. The highest BCUT2D eigenvalue weighted by Gasteiger charge is 2.21. The minimum absolute atomic E-state index is 0.179. The van der Waals surface area contributed by atoms with Gasteiger partial charge in [0.15, 0.2) is 6.19 Å². The van der Waals surface area contributed by atoms with Gasteiger partial charge in [-0.3, -0.25) is 0 Å². The molecule has 1 heterocycles. The predicted octanol–water partition coefficient (Wildman–Crippen LogP) is 5.64. The van der Waals surface area contributed by atoms with Crippen molar-refractivity contribution >= 4 is 0 Å². The highest BCUT2D eigenvalue weighted by Crippen LogP contribution is 2.20. The Balaban J connectivity index is 0.000000615. The first-order chi connectivity index (χ1) is 12.8. The second-order valence-electron chi connectivity index (χ2n) is 5.74. The number of allylic oxidation sites excluding steroid dienone is 1. The molecule has 26 heavy (non-hydrogen) atoms. The second kappa shape index (κ2) is 12.7. The molecule has 0 spiro atoms. The lowest BCUT2D eigenvalue weighted by molar-refractivity contribution is 0.0498. The first-order valence-corrected chi connectivity index (χ1v) is 9.24. The molecule has 0 radical (unpaired) electrons. The average molecular weight is 351 g/mol. The Morgan fingerprint density at radius 1 is 1.12 bits per heavy atom. The molecule has 1 fully saturated rings. The first-order valence-electron chi connectivity index (χ1n) is 9.24. The van der Waals surface area contributed by atoms with Gasteiger partial charge in [-0.25, -0.2) is 0 Å². The quantitative estimate of drug-likeness (QED) is 0.528. The third-order valence-corrected chi connectivity index (χ3v) is 3.83. The minimum atomic E-state index is 0.179. The van der Waals surface area contributed by atoms with E-state index < -0.39 is 0 Å². The van der Waals surface area contributed by atoms with Crippen molar-refractivity contribution in [3.63, 3.8) is 0 Å². The normalized spacial score (nSPS) is 15.0. The van der Waals surface area contributed by atoms with Crippen molar-refractivity contribution in [1.82, 2.24) is 4.90 Å². The van der Waals surface area contributed by atoms with Gasteiger partial charge in [0.2, 0.25) is 0 Å². The molecule has 138 valence electrons. The third kappa shape index (κ3) is 7.13. The van der Waals surface area contributed by atoms with Crippen molar-refractivity contribution < 1.29 is 4.74 Å². The van der Waals surface area contributed by atoms with Gasteiger partial charge >= 0.3 is 0 Å². The largest absolute Gasteiger partial charge is 0.372 e. The van der Waals surface area contributed by atoms with Gasteiger partial charge in [-0.1, -0.05) is 74.5 Å². The molecule has 3 nitrogen and oxygen atoms in total. The standard InChI is InChI=1S/C18H18N2O.C3H6.C2H6/c19-14-20-11-10-18(12-20)21-13-15-6-8-17(9-7-15)16-4-2-1-3-5-16;1-3-2;1-2/h1-9,18H,10-13H2;3H,1H2,2H3;1-2H3. The molecule has 1 unspecified atom stereocenters. The Hall–Kier alpha value is -2.57. The summed E-state index contributed by atoms with van der Waals surface area (Å²) in [5, 5.41) is 8.83. The van der Waals surface area contributed by atoms with Crippen LogP contribution in [-0.4, -0.2) is 24.1 Å². The summed E-state index contributed by atoms with van der Waals surface area (Å²) in [6, 6.07) is 18.8. The fourth-order valence-corrected chi connectivity index (χ4v) is 2.59. The number of hydrogen-bond donors (Lipinski definition) is 0. The molecule has 0 aromatic heterocycles. The van der Waals surface area contributed by atoms with E-state index in [0.29, 0.717) is 6.61 Å². The lowest BCUT2D eigenvalue weighted by Crippen LogP contribution is -2.18. The maximum absolute atomic E-state index is 8.83. The van der Waals surface area contributed by atoms with E-state index in [9.17, 15) is 0 Å². The van der Waals surface area contributed by atoms with Crippen LogP contribution >= 0.6 is 0 Å². The van der Waals surface area contributed by atoms with Gasteiger partial charge in [-0.05, 0) is 30.0 Å². The number of nitriles is 1. The molecule has 1 saturated heterocycles. The summed E-state index contributed by atoms with van der Waals surface area (Å²) in [7, 11) is 0. The van der Waals surface area contributed by atoms with Crippen LogP contribution in [0.5, 0.6) is 0 Å². The summed E-state index contributed by atoms with van der Waals surface area (Å²) in [6.45, 7) is 11.4. The van der Waals surface area contributed by atoms with Crippen LogP contribution in [-0.2, 0) is 11.3 Å². The van der Waals surface area contributed by atoms with E-state index in [1.54, 1.807) is 11.0 Å². The van der Waals surface area contributed by atoms with Gasteiger partial charge in [0, 0.05) is 6.54 Å². The van der Waals surface area contributed by atoms with E-state index in [2.05, 4.69) is 49.2 Å². The summed E-state index contributed by atoms with van der Waals surface area (Å²) in [5.41, 5.74) is 3.62. The minimum Gasteiger partial charge on any atom is -0.372 e. The molecule has 0 amide bonds. The molecule has 0 N–H and O–H groups in total. The van der Waals surface area contributed by atoms with Crippen LogP contribution in [0.15, 0.2) is 67.3 Å². The lowest BCUT2D eigenvalue weighted by atomic mass is 10.0. The number of rotatable bonds is 4. The summed E-state index contributed by atoms with van der Waals surface area (Å²) in [6.07, 6.45) is 5.04. The van der Waals surface area contributed by atoms with E-state index in [4.69, 9.17) is 10.00 Å². The molecule has 0 saturated carbocycles. The van der Waals surface area contributed by atoms with E-state index in [1.165, 1.54) is 16.7 Å². The fraction of sp³-hybridized carbons (Fsp3) is 0.348. The molecule has 1 aliphatic heterocycles. The Morgan fingerprint density at radius 2 is 1.69 bits per heavy atom. The average Bonchev–Trinajstić information content (AvgIpc) is 3.18. The smallest absolute Gasteiger partial charge is 0.179 e. The molecule has 1 atom stereocenters. The molecular weight excluding hydrogens is 320 g/mol. The van der Waals surface area contributed by atoms with Crippen molar-refractivity contribution in [3.05, 3.63) is 72.8 Å². The third-order valence-electron chi connectivity index (χ3n) is 3.83. The maximum Gasteiger partial charge on any atom is 0.179 e. The number of hydrogen-bond acceptors (Lipinski definition) is 3. The van der Waals surface area contributed by atoms with E-state index in [1.807, 2.05) is 39.0 Å². The van der Waals surface area contributed by atoms with Crippen LogP contribution in [0, 0.1) is 11.5 Å². The molecule has 2 aromatic rings. The zero-order valence-electron chi connectivity index (χ0n) is 16.2. The molecule has 1 aliphatic rings. The lowest BCUT2D eigenvalue weighted by Gasteiger charge is -2.12. The van der Waals surface area contributed by atoms with Crippen LogP contribution in [0.1, 0.15) is 32.8 Å². The Labute approximate surface area is 158 Å².